The second-order valence-electron chi connectivity index (χ2n) is 5.73. The molecule has 0 aromatic rings. The van der Waals surface area contributed by atoms with Gasteiger partial charge in [-0.2, -0.15) is 0 Å². The molecular weight excluding hydrogens is 488 g/mol. The molecule has 0 aromatic heterocycles. The van der Waals surface area contributed by atoms with Gasteiger partial charge in [0.05, 0.1) is 0 Å². The standard InChI is InChI=1S/C18H34O2.3BrH/c1-2-3-4-5-6-7-8-9-10-11-12-13-14-15-16-17-18(19)20;;;/h9-10H,2-8,11-17H2,1H3,(H,19,20);3*1H/b10-9-;;;. The van der Waals surface area contributed by atoms with Gasteiger partial charge in [0.2, 0.25) is 0 Å². The second-order valence-corrected chi connectivity index (χ2v) is 5.73. The van der Waals surface area contributed by atoms with Gasteiger partial charge in [-0.25, -0.2) is 0 Å². The lowest BCUT2D eigenvalue weighted by Crippen LogP contribution is -1.93. The molecule has 2 nitrogen and oxygen atoms in total. The highest BCUT2D eigenvalue weighted by molar-refractivity contribution is 8.93. The van der Waals surface area contributed by atoms with Gasteiger partial charge in [0, 0.05) is 6.42 Å². The fraction of sp³-hybridized carbons (Fsp3) is 0.833. The normalized spacial score (nSPS) is 9.78. The summed E-state index contributed by atoms with van der Waals surface area (Å²) in [4.78, 5) is 10.3. The smallest absolute Gasteiger partial charge is 0.303 e. The number of unbranched alkanes of at least 4 members (excludes halogenated alkanes) is 11. The van der Waals surface area contributed by atoms with Crippen LogP contribution in [0.2, 0.25) is 0 Å². The van der Waals surface area contributed by atoms with Crippen molar-refractivity contribution >= 4 is 56.9 Å². The lowest BCUT2D eigenvalue weighted by molar-refractivity contribution is -0.137. The fourth-order valence-corrected chi connectivity index (χ4v) is 2.35. The summed E-state index contributed by atoms with van der Waals surface area (Å²) in [5, 5.41) is 8.51. The Morgan fingerprint density at radius 1 is 0.696 bits per heavy atom. The number of carboxylic acid groups (broad SMARTS) is 1. The molecule has 0 radical (unpaired) electrons. The number of allylic oxidation sites excluding steroid dienone is 2. The quantitative estimate of drug-likeness (QED) is 0.175. The molecule has 0 saturated heterocycles. The summed E-state index contributed by atoms with van der Waals surface area (Å²) < 4.78 is 0. The Bertz CT molecular complexity index is 246. The maximum Gasteiger partial charge on any atom is 0.303 e. The van der Waals surface area contributed by atoms with Crippen LogP contribution in [-0.2, 0) is 4.79 Å². The van der Waals surface area contributed by atoms with E-state index in [0.717, 1.165) is 12.8 Å². The molecule has 0 rings (SSSR count). The number of carboxylic acids is 1. The van der Waals surface area contributed by atoms with Crippen LogP contribution in [-0.4, -0.2) is 11.1 Å². The van der Waals surface area contributed by atoms with Crippen molar-refractivity contribution in [2.24, 2.45) is 0 Å². The van der Waals surface area contributed by atoms with Crippen LogP contribution in [0.3, 0.4) is 0 Å². The van der Waals surface area contributed by atoms with E-state index in [1.54, 1.807) is 0 Å². The minimum atomic E-state index is -0.664. The topological polar surface area (TPSA) is 37.3 Å². The van der Waals surface area contributed by atoms with Crippen molar-refractivity contribution < 1.29 is 9.90 Å². The first-order valence-corrected chi connectivity index (χ1v) is 8.64. The zero-order valence-corrected chi connectivity index (χ0v) is 19.8. The number of carbonyl (C=O) groups is 1. The molecule has 0 aromatic carbocycles. The highest BCUT2D eigenvalue weighted by Gasteiger charge is 1.95. The van der Waals surface area contributed by atoms with E-state index < -0.39 is 5.97 Å². The molecule has 0 unspecified atom stereocenters. The molecule has 0 heterocycles. The van der Waals surface area contributed by atoms with Crippen molar-refractivity contribution in [3.05, 3.63) is 12.2 Å². The Balaban J connectivity index is -0.000000602. The van der Waals surface area contributed by atoms with Gasteiger partial charge in [-0.05, 0) is 32.1 Å². The Kier molecular flexibility index (Phi) is 37.6. The molecular formula is C18H37Br3O2. The molecule has 0 saturated carbocycles. The van der Waals surface area contributed by atoms with Crippen molar-refractivity contribution in [2.45, 2.75) is 96.8 Å². The number of rotatable bonds is 15. The van der Waals surface area contributed by atoms with Gasteiger partial charge in [0.1, 0.15) is 0 Å². The second kappa shape index (κ2) is 27.5. The summed E-state index contributed by atoms with van der Waals surface area (Å²) in [5.41, 5.74) is 0. The van der Waals surface area contributed by atoms with Crippen LogP contribution in [0.25, 0.3) is 0 Å². The van der Waals surface area contributed by atoms with Gasteiger partial charge in [0.25, 0.3) is 0 Å². The number of aliphatic carboxylic acids is 1. The minimum absolute atomic E-state index is 0. The van der Waals surface area contributed by atoms with E-state index in [-0.39, 0.29) is 50.9 Å². The molecule has 5 heteroatoms. The Hall–Kier alpha value is 0.650. The first-order chi connectivity index (χ1) is 9.77. The SMILES string of the molecule is Br.Br.Br.CCCCCCCC/C=C\CCCCCCCC(=O)O. The van der Waals surface area contributed by atoms with Crippen molar-refractivity contribution in [1.82, 2.24) is 0 Å². The van der Waals surface area contributed by atoms with Crippen molar-refractivity contribution in [3.63, 3.8) is 0 Å². The molecule has 0 aliphatic heterocycles. The molecule has 0 atom stereocenters. The summed E-state index contributed by atoms with van der Waals surface area (Å²) in [7, 11) is 0. The Morgan fingerprint density at radius 2 is 1.09 bits per heavy atom. The van der Waals surface area contributed by atoms with E-state index in [4.69, 9.17) is 5.11 Å². The van der Waals surface area contributed by atoms with E-state index in [2.05, 4.69) is 19.1 Å². The molecule has 0 fully saturated rings. The first-order valence-electron chi connectivity index (χ1n) is 8.64. The van der Waals surface area contributed by atoms with Gasteiger partial charge in [0.15, 0.2) is 0 Å². The van der Waals surface area contributed by atoms with Crippen molar-refractivity contribution in [1.29, 1.82) is 0 Å². The van der Waals surface area contributed by atoms with Gasteiger partial charge in [-0.3, -0.25) is 4.79 Å². The van der Waals surface area contributed by atoms with Crippen LogP contribution in [0, 0.1) is 0 Å². The Labute approximate surface area is 175 Å². The molecule has 1 N–H and O–H groups in total. The van der Waals surface area contributed by atoms with Gasteiger partial charge in [-0.1, -0.05) is 70.4 Å². The monoisotopic (exact) mass is 522 g/mol. The summed E-state index contributed by atoms with van der Waals surface area (Å²) in [6.07, 6.45) is 21.2. The number of hydrogen-bond donors (Lipinski definition) is 1. The average molecular weight is 525 g/mol. The fourth-order valence-electron chi connectivity index (χ4n) is 2.35. The highest BCUT2D eigenvalue weighted by atomic mass is 79.9. The maximum absolute atomic E-state index is 10.3. The third-order valence-corrected chi connectivity index (χ3v) is 3.65. The van der Waals surface area contributed by atoms with Gasteiger partial charge >= 0.3 is 5.97 Å². The van der Waals surface area contributed by atoms with Crippen LogP contribution < -0.4 is 0 Å². The zero-order chi connectivity index (χ0) is 14.9. The van der Waals surface area contributed by atoms with Crippen molar-refractivity contribution in [2.75, 3.05) is 0 Å². The molecule has 0 aliphatic rings. The Morgan fingerprint density at radius 3 is 1.52 bits per heavy atom. The maximum atomic E-state index is 10.3. The number of halogens is 3. The average Bonchev–Trinajstić information content (AvgIpc) is 2.43. The first kappa shape index (κ1) is 31.4. The van der Waals surface area contributed by atoms with E-state index in [1.807, 2.05) is 0 Å². The minimum Gasteiger partial charge on any atom is -0.481 e. The summed E-state index contributed by atoms with van der Waals surface area (Å²) in [5.74, 6) is -0.664. The lowest BCUT2D eigenvalue weighted by atomic mass is 10.1. The van der Waals surface area contributed by atoms with E-state index in [0.29, 0.717) is 6.42 Å². The third kappa shape index (κ3) is 31.0. The molecule has 142 valence electrons. The largest absolute Gasteiger partial charge is 0.481 e. The van der Waals surface area contributed by atoms with Crippen LogP contribution in [0.1, 0.15) is 96.8 Å². The molecule has 0 aliphatic carbocycles. The van der Waals surface area contributed by atoms with E-state index in [9.17, 15) is 4.79 Å². The third-order valence-electron chi connectivity index (χ3n) is 3.65. The lowest BCUT2D eigenvalue weighted by Gasteiger charge is -1.99. The summed E-state index contributed by atoms with van der Waals surface area (Å²) in [6.45, 7) is 2.26. The molecule has 0 spiro atoms. The summed E-state index contributed by atoms with van der Waals surface area (Å²) in [6, 6.07) is 0. The van der Waals surface area contributed by atoms with Crippen molar-refractivity contribution in [3.8, 4) is 0 Å². The van der Waals surface area contributed by atoms with Crippen LogP contribution in [0.4, 0.5) is 0 Å². The summed E-state index contributed by atoms with van der Waals surface area (Å²) >= 11 is 0. The van der Waals surface area contributed by atoms with Crippen LogP contribution >= 0.6 is 50.9 Å². The van der Waals surface area contributed by atoms with E-state index >= 15 is 0 Å². The zero-order valence-electron chi connectivity index (χ0n) is 14.6. The highest BCUT2D eigenvalue weighted by Crippen LogP contribution is 2.09. The van der Waals surface area contributed by atoms with Gasteiger partial charge < -0.3 is 5.11 Å². The van der Waals surface area contributed by atoms with Crippen LogP contribution in [0.5, 0.6) is 0 Å². The van der Waals surface area contributed by atoms with Crippen LogP contribution in [0.15, 0.2) is 12.2 Å². The molecule has 0 amide bonds. The number of hydrogen-bond acceptors (Lipinski definition) is 1. The predicted octanol–water partition coefficient (Wildman–Crippen LogP) is 7.84. The van der Waals surface area contributed by atoms with E-state index in [1.165, 1.54) is 70.6 Å². The van der Waals surface area contributed by atoms with Gasteiger partial charge in [-0.15, -0.1) is 50.9 Å². The molecule has 23 heavy (non-hydrogen) atoms. The predicted molar refractivity (Wildman–Crippen MR) is 118 cm³/mol. The molecule has 0 bridgehead atoms.